The molecule has 0 spiro atoms. The number of aromatic nitrogens is 1. The third kappa shape index (κ3) is 3.41. The van der Waals surface area contributed by atoms with Crippen molar-refractivity contribution in [3.8, 4) is 0 Å². The van der Waals surface area contributed by atoms with Crippen LogP contribution in [-0.4, -0.2) is 27.9 Å². The zero-order valence-electron chi connectivity index (χ0n) is 16.2. The van der Waals surface area contributed by atoms with E-state index in [-0.39, 0.29) is 22.9 Å². The number of hydrogen-bond acceptors (Lipinski definition) is 3. The summed E-state index contributed by atoms with van der Waals surface area (Å²) in [5.41, 5.74) is 0.104. The van der Waals surface area contributed by atoms with Crippen LogP contribution in [0, 0.1) is 17.7 Å². The summed E-state index contributed by atoms with van der Waals surface area (Å²) in [5.74, 6) is 0.153. The Labute approximate surface area is 169 Å². The summed E-state index contributed by atoms with van der Waals surface area (Å²) in [6.07, 6.45) is 7.22. The molecule has 5 nitrogen and oxygen atoms in total. The first-order chi connectivity index (χ1) is 13.9. The minimum atomic E-state index is -0.415. The van der Waals surface area contributed by atoms with Crippen molar-refractivity contribution in [2.45, 2.75) is 49.6 Å². The van der Waals surface area contributed by atoms with E-state index in [2.05, 4.69) is 15.6 Å². The number of pyridine rings is 1. The van der Waals surface area contributed by atoms with Gasteiger partial charge in [0.1, 0.15) is 11.5 Å². The van der Waals surface area contributed by atoms with E-state index < -0.39 is 5.82 Å². The van der Waals surface area contributed by atoms with Gasteiger partial charge in [-0.15, -0.1) is 0 Å². The second-order valence-electron chi connectivity index (χ2n) is 9.16. The van der Waals surface area contributed by atoms with Crippen molar-refractivity contribution in [3.05, 3.63) is 65.7 Å². The lowest BCUT2D eigenvalue weighted by atomic mass is 9.49. The summed E-state index contributed by atoms with van der Waals surface area (Å²) < 4.78 is 13.6. The Morgan fingerprint density at radius 3 is 2.24 bits per heavy atom. The molecule has 4 saturated carbocycles. The van der Waals surface area contributed by atoms with Crippen molar-refractivity contribution in [1.82, 2.24) is 15.6 Å². The molecule has 150 valence electrons. The van der Waals surface area contributed by atoms with Gasteiger partial charge in [0.2, 0.25) is 0 Å². The van der Waals surface area contributed by atoms with E-state index in [0.29, 0.717) is 29.5 Å². The number of rotatable bonds is 4. The molecule has 2 atom stereocenters. The first kappa shape index (κ1) is 18.3. The van der Waals surface area contributed by atoms with Crippen LogP contribution in [0.15, 0.2) is 48.7 Å². The van der Waals surface area contributed by atoms with Crippen LogP contribution in [-0.2, 0) is 0 Å². The molecule has 2 N–H and O–H groups in total. The third-order valence-electron chi connectivity index (χ3n) is 6.80. The molecular formula is C23H24FN3O2. The van der Waals surface area contributed by atoms with Gasteiger partial charge in [0.25, 0.3) is 11.8 Å². The van der Waals surface area contributed by atoms with E-state index in [4.69, 9.17) is 0 Å². The maximum atomic E-state index is 13.6. The van der Waals surface area contributed by atoms with Crippen molar-refractivity contribution in [1.29, 1.82) is 0 Å². The molecule has 0 saturated heterocycles. The van der Waals surface area contributed by atoms with E-state index in [1.165, 1.54) is 12.1 Å². The number of nitrogens with one attached hydrogen (secondary N) is 2. The van der Waals surface area contributed by atoms with E-state index >= 15 is 0 Å². The van der Waals surface area contributed by atoms with Gasteiger partial charge in [-0.25, -0.2) is 4.39 Å². The molecule has 4 aliphatic rings. The highest BCUT2D eigenvalue weighted by molar-refractivity contribution is 5.95. The monoisotopic (exact) mass is 393 g/mol. The molecule has 0 aliphatic heterocycles. The normalized spacial score (nSPS) is 32.0. The number of nitrogens with zero attached hydrogens (tertiary/aromatic N) is 1. The minimum Gasteiger partial charge on any atom is -0.346 e. The van der Waals surface area contributed by atoms with Crippen molar-refractivity contribution in [2.75, 3.05) is 0 Å². The van der Waals surface area contributed by atoms with Gasteiger partial charge in [0.15, 0.2) is 0 Å². The highest BCUT2D eigenvalue weighted by Gasteiger charge is 2.58. The zero-order chi connectivity index (χ0) is 20.1. The number of halogens is 1. The third-order valence-corrected chi connectivity index (χ3v) is 6.80. The van der Waals surface area contributed by atoms with Crippen LogP contribution in [0.5, 0.6) is 0 Å². The fourth-order valence-corrected chi connectivity index (χ4v) is 6.30. The quantitative estimate of drug-likeness (QED) is 0.836. The van der Waals surface area contributed by atoms with Crippen LogP contribution < -0.4 is 10.6 Å². The topological polar surface area (TPSA) is 71.1 Å². The number of hydrogen-bond donors (Lipinski definition) is 2. The number of benzene rings is 1. The van der Waals surface area contributed by atoms with Crippen LogP contribution in [0.25, 0.3) is 0 Å². The van der Waals surface area contributed by atoms with Gasteiger partial charge in [-0.05, 0) is 80.7 Å². The predicted octanol–water partition coefficient (Wildman–Crippen LogP) is 3.47. The molecular weight excluding hydrogens is 369 g/mol. The fourth-order valence-electron chi connectivity index (χ4n) is 6.30. The molecule has 6 heteroatoms. The maximum Gasteiger partial charge on any atom is 0.270 e. The van der Waals surface area contributed by atoms with Gasteiger partial charge >= 0.3 is 0 Å². The molecule has 2 unspecified atom stereocenters. The summed E-state index contributed by atoms with van der Waals surface area (Å²) >= 11 is 0. The number of carbonyl (C=O) groups excluding carboxylic acids is 2. The van der Waals surface area contributed by atoms with Gasteiger partial charge in [-0.2, -0.15) is 0 Å². The van der Waals surface area contributed by atoms with Crippen LogP contribution in [0.4, 0.5) is 4.39 Å². The standard InChI is InChI=1S/C23H24FN3O2/c24-18-5-3-4-17(9-18)20(28)26-22-10-15-8-16(11-22)13-23(12-15,14-22)27-21(29)19-6-1-2-7-25-19/h1-7,9,15-16H,8,10-14H2,(H,26,28)(H,27,29). The summed E-state index contributed by atoms with van der Waals surface area (Å²) in [4.78, 5) is 29.8. The van der Waals surface area contributed by atoms with Crippen molar-refractivity contribution >= 4 is 11.8 Å². The lowest BCUT2D eigenvalue weighted by Crippen LogP contribution is -2.69. The molecule has 6 rings (SSSR count). The molecule has 4 fully saturated rings. The Morgan fingerprint density at radius 1 is 0.931 bits per heavy atom. The van der Waals surface area contributed by atoms with Crippen LogP contribution >= 0.6 is 0 Å². The molecule has 2 aromatic rings. The minimum absolute atomic E-state index is 0.154. The summed E-state index contributed by atoms with van der Waals surface area (Å²) in [6, 6.07) is 11.1. The van der Waals surface area contributed by atoms with E-state index in [0.717, 1.165) is 32.1 Å². The summed E-state index contributed by atoms with van der Waals surface area (Å²) in [7, 11) is 0. The SMILES string of the molecule is O=C(NC12CC3CC(C1)CC(NC(=O)c1ccccn1)(C3)C2)c1cccc(F)c1. The molecule has 4 aliphatic carbocycles. The molecule has 1 aromatic carbocycles. The Hall–Kier alpha value is -2.76. The maximum absolute atomic E-state index is 13.6. The molecule has 4 bridgehead atoms. The second-order valence-corrected chi connectivity index (χ2v) is 9.16. The van der Waals surface area contributed by atoms with Gasteiger partial charge < -0.3 is 10.6 Å². The van der Waals surface area contributed by atoms with Crippen molar-refractivity contribution in [2.24, 2.45) is 11.8 Å². The molecule has 1 aromatic heterocycles. The van der Waals surface area contributed by atoms with Gasteiger partial charge in [0.05, 0.1) is 0 Å². The van der Waals surface area contributed by atoms with Gasteiger partial charge in [-0.3, -0.25) is 14.6 Å². The number of carbonyl (C=O) groups is 2. The van der Waals surface area contributed by atoms with Crippen LogP contribution in [0.3, 0.4) is 0 Å². The Balaban J connectivity index is 1.38. The predicted molar refractivity (Wildman–Crippen MR) is 106 cm³/mol. The highest BCUT2D eigenvalue weighted by atomic mass is 19.1. The lowest BCUT2D eigenvalue weighted by molar-refractivity contribution is -0.0448. The fraction of sp³-hybridized carbons (Fsp3) is 0.435. The molecule has 0 radical (unpaired) electrons. The smallest absolute Gasteiger partial charge is 0.270 e. The average molecular weight is 393 g/mol. The Morgan fingerprint density at radius 2 is 1.62 bits per heavy atom. The second kappa shape index (κ2) is 6.65. The lowest BCUT2D eigenvalue weighted by Gasteiger charge is -2.62. The average Bonchev–Trinajstić information content (AvgIpc) is 2.67. The first-order valence-corrected chi connectivity index (χ1v) is 10.3. The van der Waals surface area contributed by atoms with Crippen molar-refractivity contribution < 1.29 is 14.0 Å². The van der Waals surface area contributed by atoms with E-state index in [1.54, 1.807) is 30.5 Å². The van der Waals surface area contributed by atoms with Crippen LogP contribution in [0.1, 0.15) is 59.4 Å². The van der Waals surface area contributed by atoms with E-state index in [9.17, 15) is 14.0 Å². The zero-order valence-corrected chi connectivity index (χ0v) is 16.2. The Bertz CT molecular complexity index is 948. The number of amides is 2. The summed E-state index contributed by atoms with van der Waals surface area (Å²) in [5, 5.41) is 6.51. The molecule has 1 heterocycles. The highest BCUT2D eigenvalue weighted by Crippen LogP contribution is 2.57. The molecule has 2 amide bonds. The Kier molecular flexibility index (Phi) is 4.19. The van der Waals surface area contributed by atoms with Crippen LogP contribution in [0.2, 0.25) is 0 Å². The van der Waals surface area contributed by atoms with Gasteiger partial charge in [0, 0.05) is 22.8 Å². The van der Waals surface area contributed by atoms with Gasteiger partial charge in [-0.1, -0.05) is 12.1 Å². The van der Waals surface area contributed by atoms with Crippen molar-refractivity contribution in [3.63, 3.8) is 0 Å². The van der Waals surface area contributed by atoms with E-state index in [1.807, 2.05) is 6.07 Å². The summed E-state index contributed by atoms with van der Waals surface area (Å²) in [6.45, 7) is 0. The largest absolute Gasteiger partial charge is 0.346 e. The first-order valence-electron chi connectivity index (χ1n) is 10.3. The molecule has 29 heavy (non-hydrogen) atoms.